The lowest BCUT2D eigenvalue weighted by atomic mass is 9.93. The first-order valence-electron chi connectivity index (χ1n) is 8.60. The molecule has 2 heterocycles. The standard InChI is InChI=1S/C20H22N2O3/c1-2-7-16-14-18(22-25-16)20(23)21-12-11-17(19-10-6-13-24-19)15-8-4-3-5-9-15/h3-6,8-10,13-14,17H,2,7,11-12H2,1H3,(H,21,23). The lowest BCUT2D eigenvalue weighted by molar-refractivity contribution is 0.0943. The van der Waals surface area contributed by atoms with Crippen LogP contribution in [-0.2, 0) is 6.42 Å². The van der Waals surface area contributed by atoms with Gasteiger partial charge in [-0.2, -0.15) is 0 Å². The van der Waals surface area contributed by atoms with E-state index in [-0.39, 0.29) is 11.8 Å². The summed E-state index contributed by atoms with van der Waals surface area (Å²) >= 11 is 0. The Balaban J connectivity index is 1.60. The molecule has 0 radical (unpaired) electrons. The quantitative estimate of drug-likeness (QED) is 0.669. The maximum absolute atomic E-state index is 12.2. The number of amides is 1. The molecule has 1 atom stereocenters. The first kappa shape index (κ1) is 17.0. The van der Waals surface area contributed by atoms with Gasteiger partial charge >= 0.3 is 0 Å². The lowest BCUT2D eigenvalue weighted by Crippen LogP contribution is -2.26. The van der Waals surface area contributed by atoms with Crippen LogP contribution in [-0.4, -0.2) is 17.6 Å². The number of hydrogen-bond acceptors (Lipinski definition) is 4. The van der Waals surface area contributed by atoms with Gasteiger partial charge in [0.1, 0.15) is 11.5 Å². The van der Waals surface area contributed by atoms with E-state index in [1.165, 1.54) is 5.56 Å². The summed E-state index contributed by atoms with van der Waals surface area (Å²) in [4.78, 5) is 12.2. The molecule has 1 N–H and O–H groups in total. The topological polar surface area (TPSA) is 68.3 Å². The van der Waals surface area contributed by atoms with Crippen LogP contribution in [0.4, 0.5) is 0 Å². The molecular weight excluding hydrogens is 316 g/mol. The summed E-state index contributed by atoms with van der Waals surface area (Å²) in [6.45, 7) is 2.58. The largest absolute Gasteiger partial charge is 0.469 e. The van der Waals surface area contributed by atoms with Crippen LogP contribution in [0.2, 0.25) is 0 Å². The number of carbonyl (C=O) groups is 1. The molecule has 3 rings (SSSR count). The summed E-state index contributed by atoms with van der Waals surface area (Å²) in [5.41, 5.74) is 1.50. The summed E-state index contributed by atoms with van der Waals surface area (Å²) < 4.78 is 10.7. The summed E-state index contributed by atoms with van der Waals surface area (Å²) in [6.07, 6.45) is 4.16. The second kappa shape index (κ2) is 8.33. The minimum Gasteiger partial charge on any atom is -0.469 e. The van der Waals surface area contributed by atoms with E-state index < -0.39 is 0 Å². The van der Waals surface area contributed by atoms with Crippen LogP contribution in [0, 0.1) is 0 Å². The average Bonchev–Trinajstić information content (AvgIpc) is 3.32. The SMILES string of the molecule is CCCc1cc(C(=O)NCCC(c2ccccc2)c2ccco2)no1. The minimum absolute atomic E-state index is 0.101. The molecule has 0 saturated carbocycles. The number of aromatic nitrogens is 1. The summed E-state index contributed by atoms with van der Waals surface area (Å²) in [5.74, 6) is 1.53. The predicted molar refractivity (Wildman–Crippen MR) is 94.4 cm³/mol. The highest BCUT2D eigenvalue weighted by Crippen LogP contribution is 2.27. The normalized spacial score (nSPS) is 12.0. The molecule has 130 valence electrons. The van der Waals surface area contributed by atoms with Crippen LogP contribution in [0.25, 0.3) is 0 Å². The Morgan fingerprint density at radius 1 is 1.20 bits per heavy atom. The molecule has 5 heteroatoms. The van der Waals surface area contributed by atoms with E-state index in [4.69, 9.17) is 8.94 Å². The second-order valence-corrected chi connectivity index (χ2v) is 5.95. The molecule has 0 saturated heterocycles. The highest BCUT2D eigenvalue weighted by Gasteiger charge is 2.18. The summed E-state index contributed by atoms with van der Waals surface area (Å²) in [7, 11) is 0. The fourth-order valence-electron chi connectivity index (χ4n) is 2.85. The molecular formula is C20H22N2O3. The maximum atomic E-state index is 12.2. The van der Waals surface area contributed by atoms with Crippen molar-refractivity contribution in [2.24, 2.45) is 0 Å². The van der Waals surface area contributed by atoms with Gasteiger partial charge in [-0.25, -0.2) is 0 Å². The smallest absolute Gasteiger partial charge is 0.273 e. The van der Waals surface area contributed by atoms with Crippen LogP contribution in [0.15, 0.2) is 63.7 Å². The zero-order chi connectivity index (χ0) is 17.5. The first-order valence-corrected chi connectivity index (χ1v) is 8.60. The van der Waals surface area contributed by atoms with Crippen molar-refractivity contribution < 1.29 is 13.7 Å². The van der Waals surface area contributed by atoms with Crippen LogP contribution in [0.5, 0.6) is 0 Å². The number of carbonyl (C=O) groups excluding carboxylic acids is 1. The van der Waals surface area contributed by atoms with E-state index >= 15 is 0 Å². The van der Waals surface area contributed by atoms with Crippen molar-refractivity contribution in [3.8, 4) is 0 Å². The van der Waals surface area contributed by atoms with Crippen LogP contribution in [0.1, 0.15) is 53.3 Å². The van der Waals surface area contributed by atoms with E-state index in [0.717, 1.165) is 30.8 Å². The van der Waals surface area contributed by atoms with E-state index in [9.17, 15) is 4.79 Å². The molecule has 0 fully saturated rings. The molecule has 0 bridgehead atoms. The molecule has 0 aliphatic carbocycles. The van der Waals surface area contributed by atoms with Crippen LogP contribution >= 0.6 is 0 Å². The molecule has 0 aliphatic heterocycles. The second-order valence-electron chi connectivity index (χ2n) is 5.95. The molecule has 1 amide bonds. The molecule has 5 nitrogen and oxygen atoms in total. The Morgan fingerprint density at radius 2 is 2.04 bits per heavy atom. The van der Waals surface area contributed by atoms with Gasteiger partial charge in [-0.3, -0.25) is 4.79 Å². The molecule has 1 aromatic carbocycles. The molecule has 0 aliphatic rings. The fourth-order valence-corrected chi connectivity index (χ4v) is 2.85. The first-order chi connectivity index (χ1) is 12.3. The number of aryl methyl sites for hydroxylation is 1. The molecule has 25 heavy (non-hydrogen) atoms. The molecule has 2 aromatic heterocycles. The Hall–Kier alpha value is -2.82. The summed E-state index contributed by atoms with van der Waals surface area (Å²) in [6, 6.07) is 15.7. The highest BCUT2D eigenvalue weighted by molar-refractivity contribution is 5.92. The van der Waals surface area contributed by atoms with Crippen molar-refractivity contribution >= 4 is 5.91 Å². The zero-order valence-electron chi connectivity index (χ0n) is 14.3. The van der Waals surface area contributed by atoms with Crippen molar-refractivity contribution in [2.45, 2.75) is 32.1 Å². The third-order valence-corrected chi connectivity index (χ3v) is 4.10. The molecule has 0 spiro atoms. The van der Waals surface area contributed by atoms with E-state index in [2.05, 4.69) is 29.5 Å². The number of furan rings is 1. The molecule has 1 unspecified atom stereocenters. The van der Waals surface area contributed by atoms with Gasteiger partial charge in [0, 0.05) is 24.9 Å². The van der Waals surface area contributed by atoms with E-state index in [1.807, 2.05) is 30.3 Å². The fraction of sp³-hybridized carbons (Fsp3) is 0.300. The van der Waals surface area contributed by atoms with Crippen molar-refractivity contribution in [1.29, 1.82) is 0 Å². The van der Waals surface area contributed by atoms with Gasteiger partial charge in [0.05, 0.1) is 6.26 Å². The number of hydrogen-bond donors (Lipinski definition) is 1. The van der Waals surface area contributed by atoms with Crippen LogP contribution < -0.4 is 5.32 Å². The van der Waals surface area contributed by atoms with Crippen molar-refractivity contribution in [3.63, 3.8) is 0 Å². The van der Waals surface area contributed by atoms with Crippen molar-refractivity contribution in [2.75, 3.05) is 6.54 Å². The van der Waals surface area contributed by atoms with Crippen LogP contribution in [0.3, 0.4) is 0 Å². The Bertz CT molecular complexity index is 778. The number of nitrogens with zero attached hydrogens (tertiary/aromatic N) is 1. The van der Waals surface area contributed by atoms with E-state index in [1.54, 1.807) is 12.3 Å². The third kappa shape index (κ3) is 4.38. The summed E-state index contributed by atoms with van der Waals surface area (Å²) in [5, 5.41) is 6.75. The van der Waals surface area contributed by atoms with Gasteiger partial charge in [-0.05, 0) is 30.5 Å². The number of nitrogens with one attached hydrogen (secondary N) is 1. The van der Waals surface area contributed by atoms with Gasteiger partial charge in [0.25, 0.3) is 5.91 Å². The molecule has 3 aromatic rings. The van der Waals surface area contributed by atoms with Gasteiger partial charge in [0.15, 0.2) is 5.69 Å². The monoisotopic (exact) mass is 338 g/mol. The maximum Gasteiger partial charge on any atom is 0.273 e. The Morgan fingerprint density at radius 3 is 2.76 bits per heavy atom. The predicted octanol–water partition coefficient (Wildman–Crippen LogP) is 4.17. The Kier molecular flexibility index (Phi) is 5.67. The third-order valence-electron chi connectivity index (χ3n) is 4.10. The average molecular weight is 338 g/mol. The number of rotatable bonds is 8. The van der Waals surface area contributed by atoms with Gasteiger partial charge in [-0.1, -0.05) is 42.4 Å². The van der Waals surface area contributed by atoms with Gasteiger partial charge in [-0.15, -0.1) is 0 Å². The van der Waals surface area contributed by atoms with E-state index in [0.29, 0.717) is 12.2 Å². The highest BCUT2D eigenvalue weighted by atomic mass is 16.5. The zero-order valence-corrected chi connectivity index (χ0v) is 14.3. The van der Waals surface area contributed by atoms with Crippen molar-refractivity contribution in [3.05, 3.63) is 77.6 Å². The van der Waals surface area contributed by atoms with Crippen molar-refractivity contribution in [1.82, 2.24) is 10.5 Å². The lowest BCUT2D eigenvalue weighted by Gasteiger charge is -2.15. The Labute approximate surface area is 147 Å². The number of benzene rings is 1. The minimum atomic E-state index is -0.211. The van der Waals surface area contributed by atoms with Gasteiger partial charge in [0.2, 0.25) is 0 Å². The van der Waals surface area contributed by atoms with Gasteiger partial charge < -0.3 is 14.3 Å².